The maximum Gasteiger partial charge on any atom is 0.251 e. The fraction of sp³-hybridized carbons (Fsp3) is 0.250. The molecule has 0 aliphatic carbocycles. The van der Waals surface area contributed by atoms with E-state index in [1.807, 2.05) is 0 Å². The van der Waals surface area contributed by atoms with E-state index in [-0.39, 0.29) is 24.8 Å². The Hall–Kier alpha value is -2.37. The molecule has 0 aromatic heterocycles. The lowest BCUT2D eigenvalue weighted by molar-refractivity contribution is -0.118. The van der Waals surface area contributed by atoms with E-state index in [2.05, 4.69) is 10.6 Å². The van der Waals surface area contributed by atoms with E-state index in [9.17, 15) is 14.4 Å². The molecule has 1 heterocycles. The highest BCUT2D eigenvalue weighted by atomic mass is 16.2. The van der Waals surface area contributed by atoms with Crippen LogP contribution in [0.3, 0.4) is 0 Å². The van der Waals surface area contributed by atoms with Crippen LogP contribution in [0.2, 0.25) is 0 Å². The lowest BCUT2D eigenvalue weighted by Crippen LogP contribution is -2.27. The van der Waals surface area contributed by atoms with Crippen LogP contribution in [0.5, 0.6) is 0 Å². The Morgan fingerprint density at radius 1 is 1.39 bits per heavy atom. The zero-order valence-corrected chi connectivity index (χ0v) is 9.66. The molecule has 1 aliphatic rings. The van der Waals surface area contributed by atoms with Gasteiger partial charge in [-0.2, -0.15) is 0 Å². The van der Waals surface area contributed by atoms with Crippen LogP contribution in [0, 0.1) is 0 Å². The van der Waals surface area contributed by atoms with E-state index >= 15 is 0 Å². The Kier molecular flexibility index (Phi) is 3.27. The summed E-state index contributed by atoms with van der Waals surface area (Å²) in [5, 5.41) is 5.25. The lowest BCUT2D eigenvalue weighted by Gasteiger charge is -2.05. The number of nitrogens with two attached hydrogens (primary N) is 1. The molecule has 1 aromatic rings. The van der Waals surface area contributed by atoms with Crippen molar-refractivity contribution in [3.63, 3.8) is 0 Å². The minimum atomic E-state index is -0.462. The number of hydrogen-bond acceptors (Lipinski definition) is 3. The number of nitrogens with one attached hydrogen (secondary N) is 2. The predicted octanol–water partition coefficient (Wildman–Crippen LogP) is -0.214. The van der Waals surface area contributed by atoms with Crippen molar-refractivity contribution >= 4 is 23.4 Å². The van der Waals surface area contributed by atoms with Crippen molar-refractivity contribution in [1.29, 1.82) is 0 Å². The van der Waals surface area contributed by atoms with E-state index in [1.165, 1.54) is 0 Å². The summed E-state index contributed by atoms with van der Waals surface area (Å²) in [5.74, 6) is -0.826. The quantitative estimate of drug-likeness (QED) is 0.685. The van der Waals surface area contributed by atoms with Crippen LogP contribution in [0.4, 0.5) is 5.69 Å². The Morgan fingerprint density at radius 3 is 2.89 bits per heavy atom. The number of primary amides is 1. The van der Waals surface area contributed by atoms with Gasteiger partial charge in [0, 0.05) is 24.2 Å². The van der Waals surface area contributed by atoms with Crippen molar-refractivity contribution in [2.45, 2.75) is 12.8 Å². The van der Waals surface area contributed by atoms with Gasteiger partial charge in [0.05, 0.1) is 6.42 Å². The molecule has 0 saturated carbocycles. The topological polar surface area (TPSA) is 101 Å². The van der Waals surface area contributed by atoms with Gasteiger partial charge in [-0.1, -0.05) is 6.07 Å². The van der Waals surface area contributed by atoms with E-state index in [1.54, 1.807) is 18.2 Å². The van der Waals surface area contributed by atoms with E-state index in [0.29, 0.717) is 17.7 Å². The average Bonchev–Trinajstić information content (AvgIpc) is 2.67. The summed E-state index contributed by atoms with van der Waals surface area (Å²) in [7, 11) is 0. The number of rotatable bonds is 4. The second-order valence-corrected chi connectivity index (χ2v) is 4.07. The summed E-state index contributed by atoms with van der Waals surface area (Å²) >= 11 is 0. The molecule has 6 heteroatoms. The molecule has 0 saturated heterocycles. The molecule has 3 amide bonds. The molecule has 0 atom stereocenters. The molecule has 0 fully saturated rings. The summed E-state index contributed by atoms with van der Waals surface area (Å²) < 4.78 is 0. The number of carbonyl (C=O) groups is 3. The summed E-state index contributed by atoms with van der Waals surface area (Å²) in [6, 6.07) is 5.02. The third-order valence-corrected chi connectivity index (χ3v) is 2.65. The van der Waals surface area contributed by atoms with E-state index < -0.39 is 5.91 Å². The van der Waals surface area contributed by atoms with Crippen molar-refractivity contribution in [3.05, 3.63) is 29.3 Å². The summed E-state index contributed by atoms with van der Waals surface area (Å²) in [6.45, 7) is 0.206. The smallest absolute Gasteiger partial charge is 0.251 e. The highest BCUT2D eigenvalue weighted by Gasteiger charge is 2.18. The van der Waals surface area contributed by atoms with Gasteiger partial charge in [0.1, 0.15) is 0 Å². The first-order chi connectivity index (χ1) is 8.56. The standard InChI is InChI=1S/C12H13N3O3/c13-10(16)3-4-14-12(18)8-2-1-7-6-11(17)15-9(7)5-8/h1-2,5H,3-4,6H2,(H2,13,16)(H,14,18)(H,15,17). The van der Waals surface area contributed by atoms with Gasteiger partial charge in [-0.3, -0.25) is 14.4 Å². The highest BCUT2D eigenvalue weighted by molar-refractivity contribution is 6.02. The second-order valence-electron chi connectivity index (χ2n) is 4.07. The normalized spacial score (nSPS) is 12.8. The molecule has 0 bridgehead atoms. The van der Waals surface area contributed by atoms with Gasteiger partial charge >= 0.3 is 0 Å². The van der Waals surface area contributed by atoms with Gasteiger partial charge in [0.15, 0.2) is 0 Å². The minimum absolute atomic E-state index is 0.0729. The molecule has 94 valence electrons. The predicted molar refractivity (Wildman–Crippen MR) is 64.9 cm³/mol. The molecule has 1 aliphatic heterocycles. The number of fused-ring (bicyclic) bond motifs is 1. The maximum atomic E-state index is 11.7. The zero-order chi connectivity index (χ0) is 13.1. The van der Waals surface area contributed by atoms with Gasteiger partial charge in [-0.05, 0) is 17.7 Å². The zero-order valence-electron chi connectivity index (χ0n) is 9.66. The van der Waals surface area contributed by atoms with Gasteiger partial charge in [0.2, 0.25) is 11.8 Å². The summed E-state index contributed by atoms with van der Waals surface area (Å²) in [5.41, 5.74) is 6.97. The Labute approximate surface area is 104 Å². The monoisotopic (exact) mass is 247 g/mol. The molecular formula is C12H13N3O3. The van der Waals surface area contributed by atoms with Crippen LogP contribution in [0.15, 0.2) is 18.2 Å². The van der Waals surface area contributed by atoms with Gasteiger partial charge in [-0.25, -0.2) is 0 Å². The van der Waals surface area contributed by atoms with E-state index in [0.717, 1.165) is 5.56 Å². The number of benzene rings is 1. The van der Waals surface area contributed by atoms with Crippen LogP contribution >= 0.6 is 0 Å². The highest BCUT2D eigenvalue weighted by Crippen LogP contribution is 2.23. The number of amides is 3. The van der Waals surface area contributed by atoms with E-state index in [4.69, 9.17) is 5.73 Å². The molecule has 6 nitrogen and oxygen atoms in total. The Morgan fingerprint density at radius 2 is 2.17 bits per heavy atom. The fourth-order valence-corrected chi connectivity index (χ4v) is 1.76. The van der Waals surface area contributed by atoms with Crippen LogP contribution in [0.25, 0.3) is 0 Å². The summed E-state index contributed by atoms with van der Waals surface area (Å²) in [6.07, 6.45) is 0.451. The maximum absolute atomic E-state index is 11.7. The Bertz CT molecular complexity index is 525. The average molecular weight is 247 g/mol. The van der Waals surface area contributed by atoms with Crippen molar-refractivity contribution < 1.29 is 14.4 Å². The fourth-order valence-electron chi connectivity index (χ4n) is 1.76. The van der Waals surface area contributed by atoms with Gasteiger partial charge < -0.3 is 16.4 Å². The first-order valence-corrected chi connectivity index (χ1v) is 5.55. The van der Waals surface area contributed by atoms with Crippen molar-refractivity contribution in [2.75, 3.05) is 11.9 Å². The first kappa shape index (κ1) is 12.1. The third-order valence-electron chi connectivity index (χ3n) is 2.65. The van der Waals surface area contributed by atoms with Crippen molar-refractivity contribution in [1.82, 2.24) is 5.32 Å². The Balaban J connectivity index is 2.01. The molecule has 0 spiro atoms. The van der Waals surface area contributed by atoms with Gasteiger partial charge in [0.25, 0.3) is 5.91 Å². The molecule has 0 radical (unpaired) electrons. The van der Waals surface area contributed by atoms with Crippen molar-refractivity contribution in [3.8, 4) is 0 Å². The molecule has 1 aromatic carbocycles. The van der Waals surface area contributed by atoms with Crippen LogP contribution in [0.1, 0.15) is 22.3 Å². The largest absolute Gasteiger partial charge is 0.370 e. The lowest BCUT2D eigenvalue weighted by atomic mass is 10.1. The molecular weight excluding hydrogens is 234 g/mol. The van der Waals surface area contributed by atoms with Crippen LogP contribution in [-0.4, -0.2) is 24.3 Å². The summed E-state index contributed by atoms with van der Waals surface area (Å²) in [4.78, 5) is 33.4. The van der Waals surface area contributed by atoms with Gasteiger partial charge in [-0.15, -0.1) is 0 Å². The van der Waals surface area contributed by atoms with Crippen LogP contribution < -0.4 is 16.4 Å². The minimum Gasteiger partial charge on any atom is -0.370 e. The second kappa shape index (κ2) is 4.87. The molecule has 18 heavy (non-hydrogen) atoms. The SMILES string of the molecule is NC(=O)CCNC(=O)c1ccc2c(c1)NC(=O)C2. The number of carbonyl (C=O) groups excluding carboxylic acids is 3. The number of hydrogen-bond donors (Lipinski definition) is 3. The molecule has 4 N–H and O–H groups in total. The van der Waals surface area contributed by atoms with Crippen LogP contribution in [-0.2, 0) is 16.0 Å². The molecule has 2 rings (SSSR count). The number of anilines is 1. The third kappa shape index (κ3) is 2.65. The molecule has 0 unspecified atom stereocenters. The first-order valence-electron chi connectivity index (χ1n) is 5.55. The van der Waals surface area contributed by atoms with Crippen molar-refractivity contribution in [2.24, 2.45) is 5.73 Å².